The van der Waals surface area contributed by atoms with Crippen molar-refractivity contribution in [2.75, 3.05) is 13.6 Å². The average molecular weight is 185 g/mol. The molecule has 13 heavy (non-hydrogen) atoms. The maximum absolute atomic E-state index is 11.2. The topological polar surface area (TPSA) is 38.3 Å². The van der Waals surface area contributed by atoms with Crippen LogP contribution in [0.15, 0.2) is 0 Å². The smallest absolute Gasteiger partial charge is 0.320 e. The van der Waals surface area contributed by atoms with Crippen LogP contribution in [0, 0.1) is 5.92 Å². The quantitative estimate of drug-likeness (QED) is 0.674. The van der Waals surface area contributed by atoms with E-state index in [-0.39, 0.29) is 12.1 Å². The van der Waals surface area contributed by atoms with Gasteiger partial charge in [-0.05, 0) is 32.2 Å². The molecule has 3 heteroatoms. The molecule has 1 rings (SSSR count). The minimum absolute atomic E-state index is 0.124. The van der Waals surface area contributed by atoms with Crippen LogP contribution in [0.2, 0.25) is 0 Å². The Kier molecular flexibility index (Phi) is 4.22. The van der Waals surface area contributed by atoms with E-state index in [4.69, 9.17) is 4.74 Å². The molecule has 0 amide bonds. The fraction of sp³-hybridized carbons (Fsp3) is 0.900. The molecule has 1 N–H and O–H groups in total. The van der Waals surface area contributed by atoms with Crippen LogP contribution < -0.4 is 5.32 Å². The van der Waals surface area contributed by atoms with Gasteiger partial charge in [0.25, 0.3) is 0 Å². The summed E-state index contributed by atoms with van der Waals surface area (Å²) in [6.45, 7) is 2.49. The third-order valence-corrected chi connectivity index (χ3v) is 2.64. The number of rotatable bonds is 3. The van der Waals surface area contributed by atoms with Gasteiger partial charge in [0.2, 0.25) is 0 Å². The summed E-state index contributed by atoms with van der Waals surface area (Å²) in [6, 6.07) is 0. The highest BCUT2D eigenvalue weighted by atomic mass is 16.5. The van der Waals surface area contributed by atoms with Gasteiger partial charge < -0.3 is 10.1 Å². The predicted octanol–water partition coefficient (Wildman–Crippen LogP) is 1.33. The number of ether oxygens (including phenoxy) is 1. The molecular formula is C10H19NO2. The van der Waals surface area contributed by atoms with Crippen LogP contribution in [-0.4, -0.2) is 25.7 Å². The highest BCUT2D eigenvalue weighted by Crippen LogP contribution is 2.26. The molecule has 1 fully saturated rings. The van der Waals surface area contributed by atoms with Gasteiger partial charge in [-0.2, -0.15) is 0 Å². The van der Waals surface area contributed by atoms with Gasteiger partial charge in [-0.25, -0.2) is 0 Å². The molecule has 0 aliphatic heterocycles. The van der Waals surface area contributed by atoms with Gasteiger partial charge in [0.05, 0.1) is 6.54 Å². The first-order valence-electron chi connectivity index (χ1n) is 5.08. The molecule has 0 spiro atoms. The van der Waals surface area contributed by atoms with E-state index < -0.39 is 0 Å². The predicted molar refractivity (Wildman–Crippen MR) is 51.4 cm³/mol. The standard InChI is InChI=1S/C10H19NO2/c1-8-5-3-4-6-9(8)13-10(12)7-11-2/h8-9,11H,3-7H2,1-2H3. The normalized spacial score (nSPS) is 28.5. The molecule has 76 valence electrons. The van der Waals surface area contributed by atoms with Crippen LogP contribution in [0.5, 0.6) is 0 Å². The number of hydrogen-bond acceptors (Lipinski definition) is 3. The fourth-order valence-corrected chi connectivity index (χ4v) is 1.81. The lowest BCUT2D eigenvalue weighted by atomic mass is 9.88. The van der Waals surface area contributed by atoms with Crippen molar-refractivity contribution < 1.29 is 9.53 Å². The highest BCUT2D eigenvalue weighted by molar-refractivity contribution is 5.71. The summed E-state index contributed by atoms with van der Waals surface area (Å²) < 4.78 is 5.34. The van der Waals surface area contributed by atoms with Crippen molar-refractivity contribution in [1.82, 2.24) is 5.32 Å². The third-order valence-electron chi connectivity index (χ3n) is 2.64. The second kappa shape index (κ2) is 5.22. The SMILES string of the molecule is CNCC(=O)OC1CCCCC1C. The first kappa shape index (κ1) is 10.5. The lowest BCUT2D eigenvalue weighted by molar-refractivity contribution is -0.151. The zero-order valence-corrected chi connectivity index (χ0v) is 8.51. The molecule has 2 unspecified atom stereocenters. The second-order valence-electron chi connectivity index (χ2n) is 3.82. The molecule has 0 saturated heterocycles. The molecule has 2 atom stereocenters. The van der Waals surface area contributed by atoms with E-state index in [1.54, 1.807) is 7.05 Å². The second-order valence-corrected chi connectivity index (χ2v) is 3.82. The number of carbonyl (C=O) groups is 1. The number of likely N-dealkylation sites (N-methyl/N-ethyl adjacent to an activating group) is 1. The van der Waals surface area contributed by atoms with Gasteiger partial charge in [-0.1, -0.05) is 13.3 Å². The Morgan fingerprint density at radius 3 is 2.77 bits per heavy atom. The third kappa shape index (κ3) is 3.35. The van der Waals surface area contributed by atoms with Crippen LogP contribution in [0.25, 0.3) is 0 Å². The molecule has 1 aliphatic carbocycles. The molecule has 0 aromatic rings. The summed E-state index contributed by atoms with van der Waals surface area (Å²) in [4.78, 5) is 11.2. The van der Waals surface area contributed by atoms with E-state index in [1.165, 1.54) is 19.3 Å². The summed E-state index contributed by atoms with van der Waals surface area (Å²) in [5, 5.41) is 2.80. The highest BCUT2D eigenvalue weighted by Gasteiger charge is 2.24. The van der Waals surface area contributed by atoms with Crippen LogP contribution in [-0.2, 0) is 9.53 Å². The van der Waals surface area contributed by atoms with E-state index in [9.17, 15) is 4.79 Å². The lowest BCUT2D eigenvalue weighted by Crippen LogP contribution is -2.31. The summed E-state index contributed by atoms with van der Waals surface area (Å²) in [5.41, 5.74) is 0. The first-order chi connectivity index (χ1) is 6.24. The van der Waals surface area contributed by atoms with Gasteiger partial charge >= 0.3 is 5.97 Å². The van der Waals surface area contributed by atoms with Crippen LogP contribution in [0.4, 0.5) is 0 Å². The number of carbonyl (C=O) groups excluding carboxylic acids is 1. The van der Waals surface area contributed by atoms with Gasteiger partial charge in [0, 0.05) is 0 Å². The first-order valence-corrected chi connectivity index (χ1v) is 5.08. The average Bonchev–Trinajstić information content (AvgIpc) is 2.09. The fourth-order valence-electron chi connectivity index (χ4n) is 1.81. The van der Waals surface area contributed by atoms with Gasteiger partial charge in [-0.3, -0.25) is 4.79 Å². The minimum Gasteiger partial charge on any atom is -0.461 e. The summed E-state index contributed by atoms with van der Waals surface area (Å²) in [7, 11) is 1.76. The van der Waals surface area contributed by atoms with Gasteiger partial charge in [0.1, 0.15) is 6.10 Å². The molecule has 0 heterocycles. The lowest BCUT2D eigenvalue weighted by Gasteiger charge is -2.28. The zero-order chi connectivity index (χ0) is 9.68. The molecule has 0 bridgehead atoms. The van der Waals surface area contributed by atoms with Crippen molar-refractivity contribution in [1.29, 1.82) is 0 Å². The van der Waals surface area contributed by atoms with Crippen LogP contribution >= 0.6 is 0 Å². The monoisotopic (exact) mass is 185 g/mol. The number of esters is 1. The van der Waals surface area contributed by atoms with Crippen molar-refractivity contribution in [2.45, 2.75) is 38.7 Å². The molecule has 0 aromatic carbocycles. The minimum atomic E-state index is -0.124. The van der Waals surface area contributed by atoms with Gasteiger partial charge in [0.15, 0.2) is 0 Å². The Bertz CT molecular complexity index is 170. The summed E-state index contributed by atoms with van der Waals surface area (Å²) in [5.74, 6) is 0.413. The molecule has 1 aliphatic rings. The Hall–Kier alpha value is -0.570. The van der Waals surface area contributed by atoms with E-state index in [2.05, 4.69) is 12.2 Å². The number of nitrogens with one attached hydrogen (secondary N) is 1. The maximum Gasteiger partial charge on any atom is 0.320 e. The Balaban J connectivity index is 2.29. The summed E-state index contributed by atoms with van der Waals surface area (Å²) >= 11 is 0. The van der Waals surface area contributed by atoms with Crippen LogP contribution in [0.3, 0.4) is 0 Å². The molecular weight excluding hydrogens is 166 g/mol. The van der Waals surface area contributed by atoms with E-state index in [0.29, 0.717) is 12.5 Å². The zero-order valence-electron chi connectivity index (χ0n) is 8.51. The molecule has 0 aromatic heterocycles. The Labute approximate surface area is 79.8 Å². The molecule has 0 radical (unpaired) electrons. The Morgan fingerprint density at radius 1 is 1.46 bits per heavy atom. The maximum atomic E-state index is 11.2. The van der Waals surface area contributed by atoms with Crippen LogP contribution in [0.1, 0.15) is 32.6 Å². The molecule has 1 saturated carbocycles. The van der Waals surface area contributed by atoms with E-state index in [1.807, 2.05) is 0 Å². The Morgan fingerprint density at radius 2 is 2.15 bits per heavy atom. The van der Waals surface area contributed by atoms with Crippen molar-refractivity contribution >= 4 is 5.97 Å². The van der Waals surface area contributed by atoms with E-state index in [0.717, 1.165) is 6.42 Å². The van der Waals surface area contributed by atoms with Crippen molar-refractivity contribution in [3.8, 4) is 0 Å². The number of hydrogen-bond donors (Lipinski definition) is 1. The van der Waals surface area contributed by atoms with Crippen molar-refractivity contribution in [3.63, 3.8) is 0 Å². The van der Waals surface area contributed by atoms with Crippen molar-refractivity contribution in [3.05, 3.63) is 0 Å². The molecule has 3 nitrogen and oxygen atoms in total. The summed E-state index contributed by atoms with van der Waals surface area (Å²) in [6.07, 6.45) is 4.87. The largest absolute Gasteiger partial charge is 0.461 e. The van der Waals surface area contributed by atoms with Gasteiger partial charge in [-0.15, -0.1) is 0 Å². The van der Waals surface area contributed by atoms with E-state index >= 15 is 0 Å². The van der Waals surface area contributed by atoms with Crippen molar-refractivity contribution in [2.24, 2.45) is 5.92 Å².